The Morgan fingerprint density at radius 2 is 1.54 bits per heavy atom. The van der Waals surface area contributed by atoms with Gasteiger partial charge in [-0.1, -0.05) is 44.2 Å². The molecule has 17 nitrogen and oxygen atoms in total. The van der Waals surface area contributed by atoms with Gasteiger partial charge in [0.05, 0.1) is 31.4 Å². The molecule has 2 aliphatic rings. The molecule has 20 heteroatoms. The Bertz CT molecular complexity index is 2410. The number of nitrogens with one attached hydrogen (secondary N) is 1. The van der Waals surface area contributed by atoms with E-state index in [2.05, 4.69) is 5.32 Å². The number of halogens is 3. The summed E-state index contributed by atoms with van der Waals surface area (Å²) in [5.74, 6) is -6.43. The third-order valence-corrected chi connectivity index (χ3v) is 11.2. The van der Waals surface area contributed by atoms with Crippen molar-refractivity contribution >= 4 is 41.8 Å². The number of carbonyl (C=O) groups is 7. The van der Waals surface area contributed by atoms with E-state index in [0.29, 0.717) is 0 Å². The SMILES string of the molecule is CC(=O)O[C@@H](C)C(=O)N(C[C@@H]1CN(C(=O)OC(C)(C)C)C[C@@H]1F)[C@@H](c1nc(-c2cc(F)ccc2F)cn1Cc1ccccc1)C(C)(C)CCOC(=O)N[C@@H](CN1C(=O)C=CC1=O)C(=O)OC(C)(C)C. The van der Waals surface area contributed by atoms with Crippen molar-refractivity contribution in [3.63, 3.8) is 0 Å². The molecule has 0 bridgehead atoms. The number of hydrogen-bond acceptors (Lipinski definition) is 12. The summed E-state index contributed by atoms with van der Waals surface area (Å²) in [7, 11) is 0. The zero-order chi connectivity index (χ0) is 51.2. The van der Waals surface area contributed by atoms with Crippen LogP contribution in [0.25, 0.3) is 11.3 Å². The largest absolute Gasteiger partial charge is 0.458 e. The van der Waals surface area contributed by atoms with E-state index >= 15 is 8.78 Å². The number of likely N-dealkylation sites (tertiary alicyclic amines) is 1. The molecule has 1 saturated heterocycles. The lowest BCUT2D eigenvalue weighted by Gasteiger charge is -2.43. The Labute approximate surface area is 399 Å². The Balaban J connectivity index is 1.59. The summed E-state index contributed by atoms with van der Waals surface area (Å²) in [4.78, 5) is 100. The van der Waals surface area contributed by atoms with E-state index in [0.717, 1.165) is 47.7 Å². The van der Waals surface area contributed by atoms with Gasteiger partial charge in [0.2, 0.25) is 0 Å². The third kappa shape index (κ3) is 14.4. The maximum Gasteiger partial charge on any atom is 0.410 e. The van der Waals surface area contributed by atoms with Gasteiger partial charge in [-0.2, -0.15) is 0 Å². The lowest BCUT2D eigenvalue weighted by Crippen LogP contribution is -2.52. The van der Waals surface area contributed by atoms with Crippen molar-refractivity contribution in [1.29, 1.82) is 0 Å². The Hall–Kier alpha value is -6.73. The van der Waals surface area contributed by atoms with Crippen LogP contribution in [0.2, 0.25) is 0 Å². The molecule has 374 valence electrons. The van der Waals surface area contributed by atoms with E-state index in [1.807, 2.05) is 12.1 Å². The molecular formula is C49H61F3N6O11. The number of hydrogen-bond donors (Lipinski definition) is 1. The average molecular weight is 967 g/mol. The maximum atomic E-state index is 16.3. The van der Waals surface area contributed by atoms with Crippen LogP contribution in [-0.2, 0) is 49.5 Å². The highest BCUT2D eigenvalue weighted by Crippen LogP contribution is 2.44. The molecule has 0 unspecified atom stereocenters. The van der Waals surface area contributed by atoms with Crippen molar-refractivity contribution < 1.29 is 65.7 Å². The highest BCUT2D eigenvalue weighted by atomic mass is 19.1. The minimum Gasteiger partial charge on any atom is -0.458 e. The number of imide groups is 1. The van der Waals surface area contributed by atoms with Gasteiger partial charge in [0.1, 0.15) is 40.9 Å². The maximum absolute atomic E-state index is 16.3. The number of aromatic nitrogens is 2. The van der Waals surface area contributed by atoms with Crippen LogP contribution in [0.3, 0.4) is 0 Å². The third-order valence-electron chi connectivity index (χ3n) is 11.2. The van der Waals surface area contributed by atoms with Crippen LogP contribution >= 0.6 is 0 Å². The molecule has 5 atom stereocenters. The first kappa shape index (κ1) is 53.2. The first-order valence-corrected chi connectivity index (χ1v) is 22.5. The number of nitrogens with zero attached hydrogens (tertiary/aromatic N) is 5. The molecule has 1 aromatic heterocycles. The number of carbonyl (C=O) groups excluding carboxylic acids is 7. The molecule has 5 rings (SSSR count). The molecular weight excluding hydrogens is 906 g/mol. The van der Waals surface area contributed by atoms with Crippen LogP contribution in [0, 0.1) is 23.0 Å². The van der Waals surface area contributed by atoms with E-state index in [1.54, 1.807) is 78.2 Å². The molecule has 3 aromatic rings. The highest BCUT2D eigenvalue weighted by Gasteiger charge is 2.47. The standard InChI is InChI=1S/C49H61F3N6O11/c1-29(67-30(2)59)43(62)58(25-32-24-56(26-36(32)52)46(65)69-48(6,7)8)41(42-53-37(34-22-33(50)16-17-35(34)51)27-55(42)23-31-14-12-11-13-15-31)49(9,10)20-21-66-45(64)54-38(44(63)68-47(3,4)5)28-57-39(60)18-19-40(57)61/h11-19,22,27,29,32,36,38,41H,20-21,23-26,28H2,1-10H3,(H,54,64)/t29-,32-,36-,38-,41-/m0/s1. The second-order valence-electron chi connectivity index (χ2n) is 19.8. The van der Waals surface area contributed by atoms with Gasteiger partial charge >= 0.3 is 24.1 Å². The molecule has 69 heavy (non-hydrogen) atoms. The first-order valence-electron chi connectivity index (χ1n) is 22.5. The lowest BCUT2D eigenvalue weighted by atomic mass is 9.79. The lowest BCUT2D eigenvalue weighted by molar-refractivity contribution is -0.161. The fourth-order valence-electron chi connectivity index (χ4n) is 7.95. The van der Waals surface area contributed by atoms with Gasteiger partial charge in [-0.3, -0.25) is 24.1 Å². The smallest absolute Gasteiger partial charge is 0.410 e. The molecule has 1 fully saturated rings. The molecule has 0 radical (unpaired) electrons. The summed E-state index contributed by atoms with van der Waals surface area (Å²) in [6.45, 7) is 13.8. The van der Waals surface area contributed by atoms with Gasteiger partial charge < -0.3 is 38.6 Å². The van der Waals surface area contributed by atoms with Gasteiger partial charge in [0.15, 0.2) is 6.10 Å². The van der Waals surface area contributed by atoms with Crippen molar-refractivity contribution in [3.8, 4) is 11.3 Å². The van der Waals surface area contributed by atoms with Gasteiger partial charge in [-0.05, 0) is 84.1 Å². The molecule has 2 aromatic carbocycles. The van der Waals surface area contributed by atoms with Gasteiger partial charge in [-0.15, -0.1) is 0 Å². The van der Waals surface area contributed by atoms with Crippen LogP contribution < -0.4 is 5.32 Å². The Morgan fingerprint density at radius 1 is 0.899 bits per heavy atom. The quantitative estimate of drug-likeness (QED) is 0.0858. The Kier molecular flexibility index (Phi) is 16.7. The van der Waals surface area contributed by atoms with Crippen molar-refractivity contribution in [2.75, 3.05) is 32.8 Å². The zero-order valence-corrected chi connectivity index (χ0v) is 40.5. The van der Waals surface area contributed by atoms with Crippen molar-refractivity contribution in [3.05, 3.63) is 89.9 Å². The van der Waals surface area contributed by atoms with Gasteiger partial charge in [-0.25, -0.2) is 32.5 Å². The van der Waals surface area contributed by atoms with Gasteiger partial charge in [0.25, 0.3) is 17.7 Å². The minimum absolute atomic E-state index is 0.0199. The van der Waals surface area contributed by atoms with Crippen molar-refractivity contribution in [2.45, 2.75) is 118 Å². The number of imidazole rings is 1. The van der Waals surface area contributed by atoms with E-state index in [1.165, 1.54) is 22.9 Å². The van der Waals surface area contributed by atoms with Crippen molar-refractivity contribution in [1.82, 2.24) is 29.6 Å². The number of esters is 2. The number of rotatable bonds is 17. The molecule has 3 heterocycles. The topological polar surface area (TPSA) is 196 Å². The normalized spacial score (nSPS) is 17.6. The van der Waals surface area contributed by atoms with Crippen molar-refractivity contribution in [2.24, 2.45) is 11.3 Å². The van der Waals surface area contributed by atoms with Crippen LogP contribution in [0.1, 0.15) is 93.1 Å². The number of amides is 5. The molecule has 1 N–H and O–H groups in total. The van der Waals surface area contributed by atoms with Crippen LogP contribution in [0.5, 0.6) is 0 Å². The summed E-state index contributed by atoms with van der Waals surface area (Å²) in [6, 6.07) is 9.09. The minimum atomic E-state index is -1.67. The summed E-state index contributed by atoms with van der Waals surface area (Å²) >= 11 is 0. The number of alkyl carbamates (subject to hydrolysis) is 1. The monoisotopic (exact) mass is 966 g/mol. The molecule has 0 spiro atoms. The number of benzene rings is 2. The predicted octanol–water partition coefficient (Wildman–Crippen LogP) is 6.68. The van der Waals surface area contributed by atoms with Crippen LogP contribution in [-0.4, -0.2) is 128 Å². The summed E-state index contributed by atoms with van der Waals surface area (Å²) in [5.41, 5.74) is -2.67. The molecule has 0 saturated carbocycles. The first-order chi connectivity index (χ1) is 32.1. The fraction of sp³-hybridized carbons (Fsp3) is 0.510. The second kappa shape index (κ2) is 21.7. The van der Waals surface area contributed by atoms with E-state index in [9.17, 15) is 38.0 Å². The molecule has 0 aliphatic carbocycles. The summed E-state index contributed by atoms with van der Waals surface area (Å²) < 4.78 is 70.3. The number of ether oxygens (including phenoxy) is 4. The fourth-order valence-corrected chi connectivity index (χ4v) is 7.95. The summed E-state index contributed by atoms with van der Waals surface area (Å²) in [6.07, 6.45) is -1.59. The Morgan fingerprint density at radius 3 is 2.14 bits per heavy atom. The highest BCUT2D eigenvalue weighted by molar-refractivity contribution is 6.13. The zero-order valence-electron chi connectivity index (χ0n) is 40.5. The van der Waals surface area contributed by atoms with Crippen LogP contribution in [0.4, 0.5) is 22.8 Å². The average Bonchev–Trinajstić information content (AvgIpc) is 3.92. The number of alkyl halides is 1. The molecule has 5 amide bonds. The van der Waals surface area contributed by atoms with Crippen LogP contribution in [0.15, 0.2) is 66.9 Å². The van der Waals surface area contributed by atoms with E-state index in [4.69, 9.17) is 23.9 Å². The summed E-state index contributed by atoms with van der Waals surface area (Å²) in [5, 5.41) is 2.39. The van der Waals surface area contributed by atoms with E-state index in [-0.39, 0.29) is 49.7 Å². The molecule has 2 aliphatic heterocycles. The second-order valence-corrected chi connectivity index (χ2v) is 19.8. The van der Waals surface area contributed by atoms with Gasteiger partial charge in [0, 0.05) is 56.4 Å². The predicted molar refractivity (Wildman–Crippen MR) is 243 cm³/mol. The van der Waals surface area contributed by atoms with E-state index < -0.39 is 114 Å².